The predicted octanol–water partition coefficient (Wildman–Crippen LogP) is -0.688. The SMILES string of the molecule is CC1CCCC(C(=O)NCCCS(N)(=O)=O)N1. The molecule has 2 atom stereocenters. The summed E-state index contributed by atoms with van der Waals surface area (Å²) < 4.78 is 21.3. The molecular formula is C10H21N3O3S. The summed E-state index contributed by atoms with van der Waals surface area (Å²) in [5.41, 5.74) is 0. The molecule has 1 aliphatic rings. The van der Waals surface area contributed by atoms with E-state index in [4.69, 9.17) is 5.14 Å². The molecule has 2 unspecified atom stereocenters. The Morgan fingerprint density at radius 1 is 1.47 bits per heavy atom. The number of carbonyl (C=O) groups excluding carboxylic acids is 1. The zero-order chi connectivity index (χ0) is 12.9. The molecule has 17 heavy (non-hydrogen) atoms. The molecule has 0 saturated carbocycles. The van der Waals surface area contributed by atoms with Gasteiger partial charge in [0.25, 0.3) is 0 Å². The van der Waals surface area contributed by atoms with Crippen LogP contribution in [0.25, 0.3) is 0 Å². The van der Waals surface area contributed by atoms with Crippen LogP contribution in [-0.2, 0) is 14.8 Å². The lowest BCUT2D eigenvalue weighted by Crippen LogP contribution is -2.50. The summed E-state index contributed by atoms with van der Waals surface area (Å²) in [7, 11) is -3.42. The van der Waals surface area contributed by atoms with Crippen LogP contribution in [0.4, 0.5) is 0 Å². The molecule has 1 saturated heterocycles. The summed E-state index contributed by atoms with van der Waals surface area (Å²) in [6, 6.07) is 0.220. The second-order valence-electron chi connectivity index (χ2n) is 4.56. The maximum Gasteiger partial charge on any atom is 0.237 e. The van der Waals surface area contributed by atoms with Crippen molar-refractivity contribution in [2.24, 2.45) is 5.14 Å². The van der Waals surface area contributed by atoms with E-state index >= 15 is 0 Å². The zero-order valence-electron chi connectivity index (χ0n) is 10.1. The molecule has 0 radical (unpaired) electrons. The van der Waals surface area contributed by atoms with E-state index in [-0.39, 0.29) is 17.7 Å². The molecule has 1 amide bonds. The first-order valence-corrected chi connectivity index (χ1v) is 7.64. The molecule has 7 heteroatoms. The molecule has 100 valence electrons. The van der Waals surface area contributed by atoms with Crippen molar-refractivity contribution >= 4 is 15.9 Å². The van der Waals surface area contributed by atoms with Crippen molar-refractivity contribution in [3.63, 3.8) is 0 Å². The number of sulfonamides is 1. The Hall–Kier alpha value is -0.660. The normalized spacial score (nSPS) is 25.5. The van der Waals surface area contributed by atoms with Crippen LogP contribution in [0.2, 0.25) is 0 Å². The number of amides is 1. The fraction of sp³-hybridized carbons (Fsp3) is 0.900. The minimum Gasteiger partial charge on any atom is -0.355 e. The largest absolute Gasteiger partial charge is 0.355 e. The highest BCUT2D eigenvalue weighted by Crippen LogP contribution is 2.12. The summed E-state index contributed by atoms with van der Waals surface area (Å²) in [6.07, 6.45) is 3.33. The van der Waals surface area contributed by atoms with Crippen molar-refractivity contribution in [3.05, 3.63) is 0 Å². The van der Waals surface area contributed by atoms with Crippen LogP contribution in [0.1, 0.15) is 32.6 Å². The number of hydrogen-bond acceptors (Lipinski definition) is 4. The molecule has 0 spiro atoms. The highest BCUT2D eigenvalue weighted by atomic mass is 32.2. The molecule has 4 N–H and O–H groups in total. The Balaban J connectivity index is 2.20. The third kappa shape index (κ3) is 5.99. The molecule has 0 aromatic rings. The lowest BCUT2D eigenvalue weighted by Gasteiger charge is -2.27. The third-order valence-electron chi connectivity index (χ3n) is 2.84. The van der Waals surface area contributed by atoms with Crippen molar-refractivity contribution in [2.45, 2.75) is 44.7 Å². The Bertz CT molecular complexity index is 356. The van der Waals surface area contributed by atoms with E-state index < -0.39 is 10.0 Å². The van der Waals surface area contributed by atoms with Crippen molar-refractivity contribution in [3.8, 4) is 0 Å². The number of rotatable bonds is 5. The van der Waals surface area contributed by atoms with Gasteiger partial charge in [-0.05, 0) is 32.6 Å². The van der Waals surface area contributed by atoms with Gasteiger partial charge in [-0.1, -0.05) is 0 Å². The second-order valence-corrected chi connectivity index (χ2v) is 6.30. The average Bonchev–Trinajstić information content (AvgIpc) is 2.23. The standard InChI is InChI=1S/C10H21N3O3S/c1-8-4-2-5-9(13-8)10(14)12-6-3-7-17(11,15)16/h8-9,13H,2-7H2,1H3,(H,12,14)(H2,11,15,16). The van der Waals surface area contributed by atoms with Gasteiger partial charge in [0.1, 0.15) is 0 Å². The van der Waals surface area contributed by atoms with Crippen LogP contribution in [0, 0.1) is 0 Å². The van der Waals surface area contributed by atoms with Gasteiger partial charge >= 0.3 is 0 Å². The zero-order valence-corrected chi connectivity index (χ0v) is 10.9. The van der Waals surface area contributed by atoms with Crippen molar-refractivity contribution in [2.75, 3.05) is 12.3 Å². The highest BCUT2D eigenvalue weighted by Gasteiger charge is 2.23. The van der Waals surface area contributed by atoms with Crippen LogP contribution < -0.4 is 15.8 Å². The topological polar surface area (TPSA) is 101 Å². The maximum absolute atomic E-state index is 11.7. The quantitative estimate of drug-likeness (QED) is 0.571. The van der Waals surface area contributed by atoms with E-state index in [0.29, 0.717) is 19.0 Å². The predicted molar refractivity (Wildman–Crippen MR) is 65.8 cm³/mol. The average molecular weight is 263 g/mol. The van der Waals surface area contributed by atoms with E-state index in [1.54, 1.807) is 0 Å². The van der Waals surface area contributed by atoms with E-state index in [9.17, 15) is 13.2 Å². The van der Waals surface area contributed by atoms with E-state index in [1.165, 1.54) is 0 Å². The number of nitrogens with two attached hydrogens (primary N) is 1. The van der Waals surface area contributed by atoms with Crippen molar-refractivity contribution < 1.29 is 13.2 Å². The molecule has 0 aromatic carbocycles. The van der Waals surface area contributed by atoms with Crippen LogP contribution in [-0.4, -0.2) is 38.7 Å². The van der Waals surface area contributed by atoms with Crippen LogP contribution in [0.3, 0.4) is 0 Å². The van der Waals surface area contributed by atoms with E-state index in [2.05, 4.69) is 17.6 Å². The number of nitrogens with one attached hydrogen (secondary N) is 2. The Labute approximate surface area is 102 Å². The molecule has 0 aromatic heterocycles. The van der Waals surface area contributed by atoms with Gasteiger partial charge in [-0.25, -0.2) is 13.6 Å². The fourth-order valence-electron chi connectivity index (χ4n) is 1.95. The summed E-state index contributed by atoms with van der Waals surface area (Å²) in [5.74, 6) is -0.145. The minimum atomic E-state index is -3.42. The van der Waals surface area contributed by atoms with Crippen LogP contribution in [0.5, 0.6) is 0 Å². The summed E-state index contributed by atoms with van der Waals surface area (Å²) in [4.78, 5) is 11.7. The summed E-state index contributed by atoms with van der Waals surface area (Å²) in [5, 5.41) is 10.8. The monoisotopic (exact) mass is 263 g/mol. The first kappa shape index (κ1) is 14.4. The van der Waals surface area contributed by atoms with Crippen molar-refractivity contribution in [1.29, 1.82) is 0 Å². The summed E-state index contributed by atoms with van der Waals surface area (Å²) >= 11 is 0. The minimum absolute atomic E-state index is 0.0500. The van der Waals surface area contributed by atoms with E-state index in [0.717, 1.165) is 19.3 Å². The third-order valence-corrected chi connectivity index (χ3v) is 3.69. The van der Waals surface area contributed by atoms with Crippen molar-refractivity contribution in [1.82, 2.24) is 10.6 Å². The second kappa shape index (κ2) is 6.32. The van der Waals surface area contributed by atoms with Gasteiger partial charge in [0.15, 0.2) is 0 Å². The first-order valence-electron chi connectivity index (χ1n) is 5.93. The Morgan fingerprint density at radius 2 is 2.18 bits per heavy atom. The molecule has 1 rings (SSSR count). The van der Waals surface area contributed by atoms with Gasteiger partial charge in [0.2, 0.25) is 15.9 Å². The molecule has 1 fully saturated rings. The molecule has 6 nitrogen and oxygen atoms in total. The first-order chi connectivity index (χ1) is 7.88. The molecular weight excluding hydrogens is 242 g/mol. The molecule has 0 bridgehead atoms. The highest BCUT2D eigenvalue weighted by molar-refractivity contribution is 7.89. The number of hydrogen-bond donors (Lipinski definition) is 3. The number of primary sulfonamides is 1. The van der Waals surface area contributed by atoms with Gasteiger partial charge < -0.3 is 10.6 Å². The van der Waals surface area contributed by atoms with Crippen LogP contribution in [0.15, 0.2) is 0 Å². The molecule has 1 heterocycles. The lowest BCUT2D eigenvalue weighted by atomic mass is 9.99. The Morgan fingerprint density at radius 3 is 2.76 bits per heavy atom. The maximum atomic E-state index is 11.7. The van der Waals surface area contributed by atoms with Crippen LogP contribution >= 0.6 is 0 Å². The van der Waals surface area contributed by atoms with Gasteiger partial charge in [-0.2, -0.15) is 0 Å². The lowest BCUT2D eigenvalue weighted by molar-refractivity contribution is -0.123. The molecule has 1 aliphatic heterocycles. The molecule has 0 aliphatic carbocycles. The Kier molecular flexibility index (Phi) is 5.35. The smallest absolute Gasteiger partial charge is 0.237 e. The van der Waals surface area contributed by atoms with Gasteiger partial charge in [0, 0.05) is 12.6 Å². The van der Waals surface area contributed by atoms with Gasteiger partial charge in [0.05, 0.1) is 11.8 Å². The number of piperidine rings is 1. The number of carbonyl (C=O) groups is 1. The van der Waals surface area contributed by atoms with Gasteiger partial charge in [-0.15, -0.1) is 0 Å². The van der Waals surface area contributed by atoms with Gasteiger partial charge in [-0.3, -0.25) is 4.79 Å². The summed E-state index contributed by atoms with van der Waals surface area (Å²) in [6.45, 7) is 2.41. The fourth-order valence-corrected chi connectivity index (χ4v) is 2.50. The van der Waals surface area contributed by atoms with E-state index in [1.807, 2.05) is 0 Å².